The molecule has 1 aromatic carbocycles. The summed E-state index contributed by atoms with van der Waals surface area (Å²) in [6, 6.07) is 6.36. The lowest BCUT2D eigenvalue weighted by Crippen LogP contribution is -2.48. The van der Waals surface area contributed by atoms with Crippen molar-refractivity contribution in [3.8, 4) is 0 Å². The highest BCUT2D eigenvalue weighted by molar-refractivity contribution is 6.30. The quantitative estimate of drug-likeness (QED) is 0.885. The predicted molar refractivity (Wildman–Crippen MR) is 77.2 cm³/mol. The van der Waals surface area contributed by atoms with E-state index in [0.29, 0.717) is 11.6 Å². The highest BCUT2D eigenvalue weighted by Crippen LogP contribution is 2.19. The maximum Gasteiger partial charge on any atom is 0.317 e. The molecule has 0 saturated carbocycles. The minimum atomic E-state index is -0.949. The lowest BCUT2D eigenvalue weighted by atomic mass is 10.0. The first-order valence-electron chi connectivity index (χ1n) is 6.54. The number of hydrogen-bond acceptors (Lipinski definition) is 3. The zero-order valence-corrected chi connectivity index (χ0v) is 12.3. The molecule has 2 amide bonds. The van der Waals surface area contributed by atoms with Crippen molar-refractivity contribution in [2.45, 2.75) is 12.6 Å². The fraction of sp³-hybridized carbons (Fsp3) is 0.429. The van der Waals surface area contributed by atoms with Crippen LogP contribution < -0.4 is 5.32 Å². The summed E-state index contributed by atoms with van der Waals surface area (Å²) in [6.45, 7) is 0.724. The van der Waals surface area contributed by atoms with Crippen LogP contribution in [0.15, 0.2) is 24.3 Å². The molecule has 2 rings (SSSR count). The van der Waals surface area contributed by atoms with Gasteiger partial charge in [0.05, 0.1) is 19.3 Å². The molecule has 2 unspecified atom stereocenters. The summed E-state index contributed by atoms with van der Waals surface area (Å²) in [5.74, 6) is -1.63. The van der Waals surface area contributed by atoms with Crippen LogP contribution in [-0.2, 0) is 16.1 Å². The average molecular weight is 313 g/mol. The van der Waals surface area contributed by atoms with Gasteiger partial charge in [-0.25, -0.2) is 4.79 Å². The zero-order valence-electron chi connectivity index (χ0n) is 11.6. The van der Waals surface area contributed by atoms with Crippen molar-refractivity contribution >= 4 is 23.6 Å². The summed E-state index contributed by atoms with van der Waals surface area (Å²) in [5, 5.41) is 12.5. The maximum absolute atomic E-state index is 12.1. The van der Waals surface area contributed by atoms with E-state index < -0.39 is 17.9 Å². The van der Waals surface area contributed by atoms with Crippen molar-refractivity contribution in [2.75, 3.05) is 20.3 Å². The van der Waals surface area contributed by atoms with E-state index in [4.69, 9.17) is 21.4 Å². The van der Waals surface area contributed by atoms with Crippen LogP contribution in [-0.4, -0.2) is 48.3 Å². The van der Waals surface area contributed by atoms with Gasteiger partial charge in [-0.15, -0.1) is 0 Å². The third-order valence-corrected chi connectivity index (χ3v) is 3.79. The minimum Gasteiger partial charge on any atom is -0.481 e. The first kappa shape index (κ1) is 15.6. The highest BCUT2D eigenvalue weighted by Gasteiger charge is 2.38. The molecule has 1 fully saturated rings. The number of carbonyl (C=O) groups is 2. The summed E-state index contributed by atoms with van der Waals surface area (Å²) in [4.78, 5) is 24.6. The first-order valence-corrected chi connectivity index (χ1v) is 6.92. The molecular weight excluding hydrogens is 296 g/mol. The van der Waals surface area contributed by atoms with E-state index in [-0.39, 0.29) is 19.2 Å². The molecule has 114 valence electrons. The van der Waals surface area contributed by atoms with E-state index in [0.717, 1.165) is 5.56 Å². The Hall–Kier alpha value is -1.79. The molecule has 2 N–H and O–H groups in total. The zero-order chi connectivity index (χ0) is 15.4. The van der Waals surface area contributed by atoms with Crippen molar-refractivity contribution in [1.82, 2.24) is 10.2 Å². The SMILES string of the molecule is CN(C(=O)NCc1ccc(Cl)cc1)C1COCC1C(=O)O. The molecule has 0 radical (unpaired) electrons. The van der Waals surface area contributed by atoms with E-state index in [1.807, 2.05) is 12.1 Å². The average Bonchev–Trinajstić information content (AvgIpc) is 2.95. The van der Waals surface area contributed by atoms with Gasteiger partial charge >= 0.3 is 12.0 Å². The molecule has 1 aliphatic rings. The smallest absolute Gasteiger partial charge is 0.317 e. The van der Waals surface area contributed by atoms with Gasteiger partial charge in [0.2, 0.25) is 0 Å². The number of halogens is 1. The van der Waals surface area contributed by atoms with Gasteiger partial charge in [0, 0.05) is 18.6 Å². The molecule has 0 bridgehead atoms. The predicted octanol–water partition coefficient (Wildman–Crippen LogP) is 1.58. The number of hydrogen-bond donors (Lipinski definition) is 2. The number of nitrogens with zero attached hydrogens (tertiary/aromatic N) is 1. The number of carboxylic acids is 1. The van der Waals surface area contributed by atoms with Crippen LogP contribution in [0.4, 0.5) is 4.79 Å². The van der Waals surface area contributed by atoms with Crippen molar-refractivity contribution in [3.63, 3.8) is 0 Å². The second-order valence-corrected chi connectivity index (χ2v) is 5.38. The first-order chi connectivity index (χ1) is 9.99. The maximum atomic E-state index is 12.1. The summed E-state index contributed by atoms with van der Waals surface area (Å²) in [7, 11) is 1.58. The van der Waals surface area contributed by atoms with Crippen LogP contribution in [0, 0.1) is 5.92 Å². The van der Waals surface area contributed by atoms with Gasteiger partial charge in [-0.2, -0.15) is 0 Å². The lowest BCUT2D eigenvalue weighted by Gasteiger charge is -2.26. The third kappa shape index (κ3) is 3.86. The number of benzene rings is 1. The number of rotatable bonds is 4. The Balaban J connectivity index is 1.90. The number of ether oxygens (including phenoxy) is 1. The minimum absolute atomic E-state index is 0.134. The van der Waals surface area contributed by atoms with Crippen LogP contribution in [0.1, 0.15) is 5.56 Å². The second-order valence-electron chi connectivity index (χ2n) is 4.95. The molecule has 1 saturated heterocycles. The third-order valence-electron chi connectivity index (χ3n) is 3.54. The monoisotopic (exact) mass is 312 g/mol. The number of amides is 2. The van der Waals surface area contributed by atoms with E-state index in [9.17, 15) is 9.59 Å². The Morgan fingerprint density at radius 1 is 1.38 bits per heavy atom. The van der Waals surface area contributed by atoms with Gasteiger partial charge in [-0.3, -0.25) is 4.79 Å². The Bertz CT molecular complexity index is 520. The van der Waals surface area contributed by atoms with Gasteiger partial charge in [0.15, 0.2) is 0 Å². The Labute approximate surface area is 127 Å². The van der Waals surface area contributed by atoms with E-state index in [1.54, 1.807) is 19.2 Å². The van der Waals surface area contributed by atoms with Crippen molar-refractivity contribution < 1.29 is 19.4 Å². The molecule has 0 aromatic heterocycles. The van der Waals surface area contributed by atoms with E-state index >= 15 is 0 Å². The van der Waals surface area contributed by atoms with Crippen LogP contribution in [0.25, 0.3) is 0 Å². The summed E-state index contributed by atoms with van der Waals surface area (Å²) >= 11 is 5.79. The van der Waals surface area contributed by atoms with Crippen molar-refractivity contribution in [1.29, 1.82) is 0 Å². The molecule has 1 aliphatic heterocycles. The number of aliphatic carboxylic acids is 1. The molecule has 2 atom stereocenters. The van der Waals surface area contributed by atoms with Gasteiger partial charge < -0.3 is 20.1 Å². The molecule has 6 nitrogen and oxygen atoms in total. The topological polar surface area (TPSA) is 78.9 Å². The summed E-state index contributed by atoms with van der Waals surface area (Å²) in [5.41, 5.74) is 0.915. The van der Waals surface area contributed by atoms with Crippen LogP contribution in [0.5, 0.6) is 0 Å². The van der Waals surface area contributed by atoms with Crippen LogP contribution >= 0.6 is 11.6 Å². The van der Waals surface area contributed by atoms with Gasteiger partial charge in [-0.1, -0.05) is 23.7 Å². The van der Waals surface area contributed by atoms with Gasteiger partial charge in [-0.05, 0) is 17.7 Å². The molecule has 1 heterocycles. The number of nitrogens with one attached hydrogen (secondary N) is 1. The molecule has 21 heavy (non-hydrogen) atoms. The number of likely N-dealkylation sites (N-methyl/N-ethyl adjacent to an activating group) is 1. The fourth-order valence-corrected chi connectivity index (χ4v) is 2.34. The molecule has 1 aromatic rings. The van der Waals surface area contributed by atoms with Crippen molar-refractivity contribution in [3.05, 3.63) is 34.9 Å². The normalized spacial score (nSPS) is 21.0. The molecule has 7 heteroatoms. The van der Waals surface area contributed by atoms with Crippen LogP contribution in [0.3, 0.4) is 0 Å². The largest absolute Gasteiger partial charge is 0.481 e. The fourth-order valence-electron chi connectivity index (χ4n) is 2.22. The number of carboxylic acid groups (broad SMARTS) is 1. The van der Waals surface area contributed by atoms with Crippen molar-refractivity contribution in [2.24, 2.45) is 5.92 Å². The molecule has 0 spiro atoms. The molecule has 0 aliphatic carbocycles. The highest BCUT2D eigenvalue weighted by atomic mass is 35.5. The number of urea groups is 1. The van der Waals surface area contributed by atoms with Gasteiger partial charge in [0.25, 0.3) is 0 Å². The second kappa shape index (κ2) is 6.78. The molecular formula is C14H17ClN2O4. The number of carbonyl (C=O) groups excluding carboxylic acids is 1. The van der Waals surface area contributed by atoms with E-state index in [1.165, 1.54) is 4.90 Å². The Morgan fingerprint density at radius 2 is 2.05 bits per heavy atom. The lowest BCUT2D eigenvalue weighted by molar-refractivity contribution is -0.142. The van der Waals surface area contributed by atoms with Crippen LogP contribution in [0.2, 0.25) is 5.02 Å². The summed E-state index contributed by atoms with van der Waals surface area (Å²) in [6.07, 6.45) is 0. The Kier molecular flexibility index (Phi) is 5.03. The summed E-state index contributed by atoms with van der Waals surface area (Å²) < 4.78 is 5.16. The van der Waals surface area contributed by atoms with Gasteiger partial charge in [0.1, 0.15) is 5.92 Å². The van der Waals surface area contributed by atoms with E-state index in [2.05, 4.69) is 5.32 Å². The Morgan fingerprint density at radius 3 is 2.67 bits per heavy atom. The standard InChI is InChI=1S/C14H17ClN2O4/c1-17(12-8-21-7-11(12)13(18)19)14(20)16-6-9-2-4-10(15)5-3-9/h2-5,11-12H,6-8H2,1H3,(H,16,20)(H,18,19).